The van der Waals surface area contributed by atoms with Gasteiger partial charge in [0.05, 0.1) is 10.6 Å². The second-order valence-electron chi connectivity index (χ2n) is 5.99. The van der Waals surface area contributed by atoms with Crippen molar-refractivity contribution in [2.75, 3.05) is 18.8 Å². The molecule has 0 heterocycles. The molecule has 2 aromatic rings. The number of thioether (sulfide) groups is 1. The van der Waals surface area contributed by atoms with Gasteiger partial charge in [0.25, 0.3) is 0 Å². The fourth-order valence-corrected chi connectivity index (χ4v) is 4.86. The maximum Gasteiger partial charge on any atom is 0.243 e. The van der Waals surface area contributed by atoms with Crippen molar-refractivity contribution in [3.05, 3.63) is 65.7 Å². The fraction of sp³-hybridized carbons (Fsp3) is 0.350. The minimum atomic E-state index is -3.44. The van der Waals surface area contributed by atoms with Crippen molar-refractivity contribution < 1.29 is 13.2 Å². The van der Waals surface area contributed by atoms with Crippen molar-refractivity contribution in [2.24, 2.45) is 0 Å². The lowest BCUT2D eigenvalue weighted by Gasteiger charge is -2.18. The molecule has 0 aromatic heterocycles. The smallest absolute Gasteiger partial charge is 0.243 e. The van der Waals surface area contributed by atoms with Crippen LogP contribution >= 0.6 is 11.8 Å². The zero-order valence-corrected chi connectivity index (χ0v) is 17.4. The second-order valence-corrected chi connectivity index (χ2v) is 8.91. The average Bonchev–Trinajstić information content (AvgIpc) is 2.68. The van der Waals surface area contributed by atoms with Crippen molar-refractivity contribution in [1.82, 2.24) is 9.62 Å². The highest BCUT2D eigenvalue weighted by Crippen LogP contribution is 2.16. The van der Waals surface area contributed by atoms with Gasteiger partial charge in [0.2, 0.25) is 15.9 Å². The first kappa shape index (κ1) is 21.5. The van der Waals surface area contributed by atoms with Gasteiger partial charge in [-0.3, -0.25) is 4.79 Å². The molecule has 0 saturated heterocycles. The largest absolute Gasteiger partial charge is 0.351 e. The quantitative estimate of drug-likeness (QED) is 0.658. The number of hydrogen-bond acceptors (Lipinski definition) is 4. The normalized spacial score (nSPS) is 11.5. The minimum absolute atomic E-state index is 0.0317. The first-order valence-electron chi connectivity index (χ1n) is 8.94. The highest BCUT2D eigenvalue weighted by atomic mass is 32.2. The Bertz CT molecular complexity index is 818. The van der Waals surface area contributed by atoms with E-state index in [1.54, 1.807) is 36.0 Å². The molecule has 1 N–H and O–H groups in total. The molecule has 0 aliphatic rings. The first-order valence-corrected chi connectivity index (χ1v) is 11.5. The predicted molar refractivity (Wildman–Crippen MR) is 111 cm³/mol. The van der Waals surface area contributed by atoms with Crippen LogP contribution in [0.3, 0.4) is 0 Å². The van der Waals surface area contributed by atoms with E-state index in [4.69, 9.17) is 0 Å². The van der Waals surface area contributed by atoms with Crippen LogP contribution in [0.15, 0.2) is 59.5 Å². The number of carbonyl (C=O) groups excluding carboxylic acids is 1. The Morgan fingerprint density at radius 3 is 2.19 bits per heavy atom. The van der Waals surface area contributed by atoms with E-state index in [1.165, 1.54) is 9.87 Å². The Hall–Kier alpha value is -1.83. The summed E-state index contributed by atoms with van der Waals surface area (Å²) in [5, 5.41) is 2.87. The Morgan fingerprint density at radius 1 is 0.963 bits per heavy atom. The van der Waals surface area contributed by atoms with Gasteiger partial charge in [0.15, 0.2) is 0 Å². The summed E-state index contributed by atoms with van der Waals surface area (Å²) in [5.41, 5.74) is 2.07. The summed E-state index contributed by atoms with van der Waals surface area (Å²) in [5.74, 6) is 1.16. The molecule has 0 aliphatic carbocycles. The molecular weight excluding hydrogens is 380 g/mol. The Balaban J connectivity index is 1.81. The van der Waals surface area contributed by atoms with Gasteiger partial charge in [-0.15, -0.1) is 11.8 Å². The molecule has 0 fully saturated rings. The highest BCUT2D eigenvalue weighted by Gasteiger charge is 2.21. The van der Waals surface area contributed by atoms with Crippen LogP contribution in [-0.2, 0) is 27.1 Å². The summed E-state index contributed by atoms with van der Waals surface area (Å²) < 4.78 is 26.3. The lowest BCUT2D eigenvalue weighted by atomic mass is 10.2. The molecule has 146 valence electrons. The third kappa shape index (κ3) is 6.37. The molecule has 0 unspecified atom stereocenters. The van der Waals surface area contributed by atoms with Crippen LogP contribution in [0, 0.1) is 0 Å². The zero-order valence-electron chi connectivity index (χ0n) is 15.7. The van der Waals surface area contributed by atoms with Gasteiger partial charge >= 0.3 is 0 Å². The molecule has 27 heavy (non-hydrogen) atoms. The van der Waals surface area contributed by atoms with Crippen molar-refractivity contribution in [3.63, 3.8) is 0 Å². The van der Waals surface area contributed by atoms with Gasteiger partial charge in [0.1, 0.15) is 0 Å². The topological polar surface area (TPSA) is 66.5 Å². The Labute approximate surface area is 166 Å². The minimum Gasteiger partial charge on any atom is -0.351 e. The SMILES string of the molecule is CCN(CC)S(=O)(=O)c1ccc(CNC(=O)CSCc2ccccc2)cc1. The molecule has 0 saturated carbocycles. The van der Waals surface area contributed by atoms with Crippen LogP contribution in [0.2, 0.25) is 0 Å². The zero-order chi connectivity index (χ0) is 19.7. The van der Waals surface area contributed by atoms with Crippen LogP contribution < -0.4 is 5.32 Å². The van der Waals surface area contributed by atoms with Crippen LogP contribution in [0.1, 0.15) is 25.0 Å². The van der Waals surface area contributed by atoms with Gasteiger partial charge in [0, 0.05) is 25.4 Å². The van der Waals surface area contributed by atoms with E-state index >= 15 is 0 Å². The number of sulfonamides is 1. The average molecular weight is 407 g/mol. The van der Waals surface area contributed by atoms with Crippen molar-refractivity contribution in [1.29, 1.82) is 0 Å². The van der Waals surface area contributed by atoms with Gasteiger partial charge in [-0.25, -0.2) is 8.42 Å². The molecule has 7 heteroatoms. The summed E-state index contributed by atoms with van der Waals surface area (Å²) in [6, 6.07) is 16.7. The lowest BCUT2D eigenvalue weighted by Crippen LogP contribution is -2.30. The van der Waals surface area contributed by atoms with Gasteiger partial charge in [-0.05, 0) is 23.3 Å². The lowest BCUT2D eigenvalue weighted by molar-refractivity contribution is -0.118. The van der Waals surface area contributed by atoms with E-state index in [0.29, 0.717) is 25.4 Å². The number of rotatable bonds is 10. The van der Waals surface area contributed by atoms with Crippen LogP contribution in [0.5, 0.6) is 0 Å². The number of amides is 1. The van der Waals surface area contributed by atoms with Crippen LogP contribution in [-0.4, -0.2) is 37.5 Å². The molecular formula is C20H26N2O3S2. The standard InChI is InChI=1S/C20H26N2O3S2/c1-3-22(4-2)27(24,25)19-12-10-17(11-13-19)14-21-20(23)16-26-15-18-8-6-5-7-9-18/h5-13H,3-4,14-16H2,1-2H3,(H,21,23). The predicted octanol–water partition coefficient (Wildman–Crippen LogP) is 3.27. The molecule has 0 atom stereocenters. The van der Waals surface area contributed by atoms with Gasteiger partial charge in [-0.1, -0.05) is 56.3 Å². The van der Waals surface area contributed by atoms with Crippen molar-refractivity contribution >= 4 is 27.7 Å². The third-order valence-electron chi connectivity index (χ3n) is 4.10. The maximum absolute atomic E-state index is 12.5. The van der Waals surface area contributed by atoms with E-state index in [2.05, 4.69) is 5.32 Å². The van der Waals surface area contributed by atoms with E-state index in [0.717, 1.165) is 11.3 Å². The molecule has 0 bridgehead atoms. The maximum atomic E-state index is 12.5. The van der Waals surface area contributed by atoms with Crippen LogP contribution in [0.25, 0.3) is 0 Å². The molecule has 2 aromatic carbocycles. The summed E-state index contributed by atoms with van der Waals surface area (Å²) in [4.78, 5) is 12.2. The number of nitrogens with zero attached hydrogens (tertiary/aromatic N) is 1. The van der Waals surface area contributed by atoms with E-state index in [9.17, 15) is 13.2 Å². The Morgan fingerprint density at radius 2 is 1.59 bits per heavy atom. The fourth-order valence-electron chi connectivity index (χ4n) is 2.58. The summed E-state index contributed by atoms with van der Waals surface area (Å²) in [6.07, 6.45) is 0. The molecule has 0 radical (unpaired) electrons. The summed E-state index contributed by atoms with van der Waals surface area (Å²) >= 11 is 1.57. The molecule has 5 nitrogen and oxygen atoms in total. The molecule has 1 amide bonds. The van der Waals surface area contributed by atoms with Crippen molar-refractivity contribution in [2.45, 2.75) is 31.0 Å². The highest BCUT2D eigenvalue weighted by molar-refractivity contribution is 7.99. The van der Waals surface area contributed by atoms with Crippen molar-refractivity contribution in [3.8, 4) is 0 Å². The number of nitrogens with one attached hydrogen (secondary N) is 1. The van der Waals surface area contributed by atoms with E-state index < -0.39 is 10.0 Å². The molecule has 2 rings (SSSR count). The Kier molecular flexibility index (Phi) is 8.34. The molecule has 0 aliphatic heterocycles. The van der Waals surface area contributed by atoms with E-state index in [1.807, 2.05) is 44.2 Å². The van der Waals surface area contributed by atoms with Gasteiger partial charge < -0.3 is 5.32 Å². The first-order chi connectivity index (χ1) is 13.0. The molecule has 0 spiro atoms. The second kappa shape index (κ2) is 10.5. The van der Waals surface area contributed by atoms with Crippen LogP contribution in [0.4, 0.5) is 0 Å². The third-order valence-corrected chi connectivity index (χ3v) is 7.17. The number of hydrogen-bond donors (Lipinski definition) is 1. The summed E-state index contributed by atoms with van der Waals surface area (Å²) in [7, 11) is -3.44. The number of carbonyl (C=O) groups is 1. The summed E-state index contributed by atoms with van der Waals surface area (Å²) in [6.45, 7) is 4.91. The monoisotopic (exact) mass is 406 g/mol. The van der Waals surface area contributed by atoms with E-state index in [-0.39, 0.29) is 10.8 Å². The number of benzene rings is 2. The van der Waals surface area contributed by atoms with Gasteiger partial charge in [-0.2, -0.15) is 4.31 Å².